The quantitative estimate of drug-likeness (QED) is 0.831. The summed E-state index contributed by atoms with van der Waals surface area (Å²) < 4.78 is 0. The SMILES string of the molecule is C=C/C=c1/ncc2c(N)nccc2/c1=C/C.CC. The van der Waals surface area contributed by atoms with Gasteiger partial charge in [0.2, 0.25) is 0 Å². The molecule has 0 aromatic carbocycles. The second-order valence-corrected chi connectivity index (χ2v) is 3.41. The molecule has 0 bridgehead atoms. The maximum absolute atomic E-state index is 5.81. The van der Waals surface area contributed by atoms with Gasteiger partial charge < -0.3 is 5.73 Å². The van der Waals surface area contributed by atoms with Crippen molar-refractivity contribution in [3.63, 3.8) is 0 Å². The van der Waals surface area contributed by atoms with Crippen molar-refractivity contribution in [1.82, 2.24) is 9.97 Å². The molecule has 3 heteroatoms. The zero-order valence-electron chi connectivity index (χ0n) is 11.1. The van der Waals surface area contributed by atoms with Crippen molar-refractivity contribution < 1.29 is 0 Å². The summed E-state index contributed by atoms with van der Waals surface area (Å²) >= 11 is 0. The predicted molar refractivity (Wildman–Crippen MR) is 79.3 cm³/mol. The van der Waals surface area contributed by atoms with Crippen LogP contribution in [0.3, 0.4) is 0 Å². The molecule has 2 aromatic rings. The average molecular weight is 241 g/mol. The Morgan fingerprint density at radius 2 is 1.94 bits per heavy atom. The highest BCUT2D eigenvalue weighted by molar-refractivity contribution is 5.90. The third-order valence-corrected chi connectivity index (χ3v) is 2.48. The summed E-state index contributed by atoms with van der Waals surface area (Å²) in [5.41, 5.74) is 5.81. The number of aromatic nitrogens is 2. The van der Waals surface area contributed by atoms with Gasteiger partial charge in [0.15, 0.2) is 0 Å². The maximum atomic E-state index is 5.81. The molecule has 0 saturated heterocycles. The zero-order valence-corrected chi connectivity index (χ0v) is 11.1. The second-order valence-electron chi connectivity index (χ2n) is 3.41. The van der Waals surface area contributed by atoms with Crippen LogP contribution in [0.2, 0.25) is 0 Å². The van der Waals surface area contributed by atoms with Crippen LogP contribution in [-0.2, 0) is 0 Å². The third-order valence-electron chi connectivity index (χ3n) is 2.48. The van der Waals surface area contributed by atoms with Gasteiger partial charge in [0.25, 0.3) is 0 Å². The molecule has 3 nitrogen and oxygen atoms in total. The van der Waals surface area contributed by atoms with Gasteiger partial charge in [-0.15, -0.1) is 0 Å². The lowest BCUT2D eigenvalue weighted by Crippen LogP contribution is -2.28. The highest BCUT2D eigenvalue weighted by atomic mass is 14.8. The van der Waals surface area contributed by atoms with Gasteiger partial charge in [-0.1, -0.05) is 32.6 Å². The lowest BCUT2D eigenvalue weighted by molar-refractivity contribution is 1.24. The summed E-state index contributed by atoms with van der Waals surface area (Å²) in [5.74, 6) is 0.512. The molecule has 0 amide bonds. The lowest BCUT2D eigenvalue weighted by atomic mass is 10.1. The Morgan fingerprint density at radius 3 is 2.56 bits per heavy atom. The van der Waals surface area contributed by atoms with E-state index in [1.807, 2.05) is 39.0 Å². The molecule has 0 unspecified atom stereocenters. The van der Waals surface area contributed by atoms with E-state index < -0.39 is 0 Å². The van der Waals surface area contributed by atoms with Crippen LogP contribution >= 0.6 is 0 Å². The molecule has 0 saturated carbocycles. The van der Waals surface area contributed by atoms with Crippen molar-refractivity contribution in [2.24, 2.45) is 0 Å². The Hall–Kier alpha value is -2.16. The number of nitrogens with two attached hydrogens (primary N) is 1. The van der Waals surface area contributed by atoms with Crippen LogP contribution in [-0.4, -0.2) is 9.97 Å². The van der Waals surface area contributed by atoms with Crippen LogP contribution in [0, 0.1) is 0 Å². The van der Waals surface area contributed by atoms with Gasteiger partial charge in [-0.3, -0.25) is 4.98 Å². The number of allylic oxidation sites excluding steroid dienone is 1. The van der Waals surface area contributed by atoms with Gasteiger partial charge in [0, 0.05) is 23.0 Å². The van der Waals surface area contributed by atoms with Crippen LogP contribution in [0.4, 0.5) is 5.82 Å². The highest BCUT2D eigenvalue weighted by Gasteiger charge is 2.00. The Bertz CT molecular complexity index is 657. The molecule has 0 fully saturated rings. The summed E-state index contributed by atoms with van der Waals surface area (Å²) in [4.78, 5) is 8.40. The number of hydrogen-bond donors (Lipinski definition) is 1. The molecule has 18 heavy (non-hydrogen) atoms. The highest BCUT2D eigenvalue weighted by Crippen LogP contribution is 2.11. The Morgan fingerprint density at radius 1 is 1.22 bits per heavy atom. The van der Waals surface area contributed by atoms with Crippen LogP contribution in [0.15, 0.2) is 31.1 Å². The molecule has 0 aliphatic rings. The number of rotatable bonds is 1. The maximum Gasteiger partial charge on any atom is 0.132 e. The van der Waals surface area contributed by atoms with E-state index in [2.05, 4.69) is 16.5 Å². The zero-order chi connectivity index (χ0) is 13.5. The smallest absolute Gasteiger partial charge is 0.132 e. The van der Waals surface area contributed by atoms with E-state index in [-0.39, 0.29) is 0 Å². The molecule has 2 heterocycles. The molecular formula is C15H19N3. The molecule has 0 spiro atoms. The van der Waals surface area contributed by atoms with Crippen LogP contribution in [0.1, 0.15) is 20.8 Å². The van der Waals surface area contributed by atoms with Gasteiger partial charge in [-0.25, -0.2) is 4.98 Å². The van der Waals surface area contributed by atoms with Gasteiger partial charge >= 0.3 is 0 Å². The normalized spacial score (nSPS) is 12.2. The van der Waals surface area contributed by atoms with Gasteiger partial charge in [0.1, 0.15) is 5.82 Å². The fourth-order valence-electron chi connectivity index (χ4n) is 1.75. The molecule has 0 atom stereocenters. The van der Waals surface area contributed by atoms with Crippen molar-refractivity contribution in [2.75, 3.05) is 5.73 Å². The van der Waals surface area contributed by atoms with Gasteiger partial charge in [0.05, 0.1) is 5.35 Å². The van der Waals surface area contributed by atoms with Gasteiger partial charge in [-0.05, 0) is 24.5 Å². The first-order valence-corrected chi connectivity index (χ1v) is 6.06. The number of anilines is 1. The summed E-state index contributed by atoms with van der Waals surface area (Å²) in [6.45, 7) is 9.66. The first-order chi connectivity index (χ1) is 8.77. The molecule has 0 radical (unpaired) electrons. The van der Waals surface area contributed by atoms with Crippen LogP contribution in [0.25, 0.3) is 22.9 Å². The number of nitrogens with zero attached hydrogens (tertiary/aromatic N) is 2. The van der Waals surface area contributed by atoms with Crippen LogP contribution < -0.4 is 16.3 Å². The van der Waals surface area contributed by atoms with Crippen molar-refractivity contribution in [2.45, 2.75) is 20.8 Å². The molecule has 2 rings (SSSR count). The van der Waals surface area contributed by atoms with E-state index >= 15 is 0 Å². The minimum atomic E-state index is 0.512. The molecule has 0 aliphatic heterocycles. The summed E-state index contributed by atoms with van der Waals surface area (Å²) in [6.07, 6.45) is 9.09. The van der Waals surface area contributed by atoms with Crippen molar-refractivity contribution in [1.29, 1.82) is 0 Å². The Labute approximate surface area is 107 Å². The van der Waals surface area contributed by atoms with Crippen molar-refractivity contribution >= 4 is 28.7 Å². The van der Waals surface area contributed by atoms with Crippen LogP contribution in [0.5, 0.6) is 0 Å². The molecular weight excluding hydrogens is 222 g/mol. The first kappa shape index (κ1) is 13.9. The topological polar surface area (TPSA) is 51.8 Å². The number of hydrogen-bond acceptors (Lipinski definition) is 3. The molecule has 2 aromatic heterocycles. The second kappa shape index (κ2) is 6.55. The van der Waals surface area contributed by atoms with E-state index in [0.29, 0.717) is 5.82 Å². The first-order valence-electron chi connectivity index (χ1n) is 6.06. The monoisotopic (exact) mass is 241 g/mol. The minimum Gasteiger partial charge on any atom is -0.383 e. The number of pyridine rings is 2. The summed E-state index contributed by atoms with van der Waals surface area (Å²) in [5, 5.41) is 3.91. The fraction of sp³-hybridized carbons (Fsp3) is 0.200. The molecule has 2 N–H and O–H groups in total. The van der Waals surface area contributed by atoms with E-state index in [4.69, 9.17) is 5.73 Å². The van der Waals surface area contributed by atoms with E-state index in [1.165, 1.54) is 0 Å². The number of fused-ring (bicyclic) bond motifs is 1. The van der Waals surface area contributed by atoms with Crippen molar-refractivity contribution in [3.05, 3.63) is 41.7 Å². The van der Waals surface area contributed by atoms with Gasteiger partial charge in [-0.2, -0.15) is 0 Å². The fourth-order valence-corrected chi connectivity index (χ4v) is 1.75. The lowest BCUT2D eigenvalue weighted by Gasteiger charge is -2.01. The summed E-state index contributed by atoms with van der Waals surface area (Å²) in [6, 6.07) is 1.95. The number of nitrogen functional groups attached to an aromatic ring is 1. The summed E-state index contributed by atoms with van der Waals surface area (Å²) in [7, 11) is 0. The van der Waals surface area contributed by atoms with E-state index in [0.717, 1.165) is 21.3 Å². The Balaban J connectivity index is 0.000000771. The predicted octanol–water partition coefficient (Wildman–Crippen LogP) is 2.01. The molecule has 0 aliphatic carbocycles. The minimum absolute atomic E-state index is 0.512. The van der Waals surface area contributed by atoms with E-state index in [1.54, 1.807) is 18.5 Å². The largest absolute Gasteiger partial charge is 0.383 e. The van der Waals surface area contributed by atoms with E-state index in [9.17, 15) is 0 Å². The molecule has 94 valence electrons. The third kappa shape index (κ3) is 2.56. The average Bonchev–Trinajstić information content (AvgIpc) is 2.41. The standard InChI is InChI=1S/C13H13N3.C2H6/c1-3-5-12-9(4-2)10-6-7-15-13(14)11(10)8-16-12;1-2/h3-8H,1H2,2H3,(H2,14,15);1-2H3/b9-4-,12-5+;. The Kier molecular flexibility index (Phi) is 5.06. The van der Waals surface area contributed by atoms with Crippen molar-refractivity contribution in [3.8, 4) is 0 Å².